The summed E-state index contributed by atoms with van der Waals surface area (Å²) in [6.45, 7) is 10.3. The molecule has 0 fully saturated rings. The number of alkyl carbamates (subject to hydrolysis) is 1. The Kier molecular flexibility index (Phi) is 14.0. The van der Waals surface area contributed by atoms with Crippen LogP contribution >= 0.6 is 0 Å². The Bertz CT molecular complexity index is 1740. The molecule has 2 aromatic carbocycles. The predicted molar refractivity (Wildman–Crippen MR) is 198 cm³/mol. The van der Waals surface area contributed by atoms with E-state index in [-0.39, 0.29) is 32.5 Å². The summed E-state index contributed by atoms with van der Waals surface area (Å²) in [7, 11) is 0. The van der Waals surface area contributed by atoms with Crippen molar-refractivity contribution in [3.8, 4) is 0 Å². The molecule has 0 aliphatic carbocycles. The molecule has 13 nitrogen and oxygen atoms in total. The summed E-state index contributed by atoms with van der Waals surface area (Å²) in [5.41, 5.74) is 1.27. The Morgan fingerprint density at radius 3 is 2.02 bits per heavy atom. The van der Waals surface area contributed by atoms with E-state index in [0.29, 0.717) is 16.9 Å². The number of amides is 3. The minimum absolute atomic E-state index is 0.0459. The van der Waals surface area contributed by atoms with E-state index in [2.05, 4.69) is 20.9 Å². The third-order valence-electron chi connectivity index (χ3n) is 8.85. The van der Waals surface area contributed by atoms with Gasteiger partial charge in [-0.25, -0.2) is 4.79 Å². The second-order valence-electron chi connectivity index (χ2n) is 15.3. The molecule has 2 heterocycles. The van der Waals surface area contributed by atoms with Crippen LogP contribution in [0.15, 0.2) is 89.5 Å². The number of hydrogen-bond acceptors (Lipinski definition) is 10. The number of fused-ring (bicyclic) bond motifs is 1. The lowest BCUT2D eigenvalue weighted by atomic mass is 9.85. The van der Waals surface area contributed by atoms with Crippen molar-refractivity contribution in [1.29, 1.82) is 0 Å². The molecule has 0 saturated heterocycles. The van der Waals surface area contributed by atoms with Crippen LogP contribution in [-0.2, 0) is 29.0 Å². The molecule has 0 spiro atoms. The molecule has 13 heteroatoms. The van der Waals surface area contributed by atoms with Gasteiger partial charge in [0.15, 0.2) is 12.2 Å². The number of benzene rings is 2. The zero-order valence-corrected chi connectivity index (χ0v) is 31.2. The van der Waals surface area contributed by atoms with E-state index in [9.17, 15) is 29.7 Å². The molecule has 53 heavy (non-hydrogen) atoms. The number of pyridine rings is 1. The number of aromatic nitrogens is 1. The van der Waals surface area contributed by atoms with Gasteiger partial charge in [-0.3, -0.25) is 9.78 Å². The summed E-state index contributed by atoms with van der Waals surface area (Å²) < 4.78 is 11.1. The van der Waals surface area contributed by atoms with Crippen molar-refractivity contribution in [3.05, 3.63) is 102 Å². The Hall–Kier alpha value is -4.98. The van der Waals surface area contributed by atoms with Crippen LogP contribution in [0.25, 0.3) is 11.1 Å². The molecule has 0 aliphatic rings. The van der Waals surface area contributed by atoms with Gasteiger partial charge in [-0.05, 0) is 62.3 Å². The molecule has 4 rings (SSSR count). The minimum Gasteiger partial charge on any atom is -0.530 e. The average molecular weight is 731 g/mol. The fraction of sp³-hybridized carbons (Fsp3) is 0.450. The first-order chi connectivity index (χ1) is 25.0. The number of aliphatic hydroxyl groups is 2. The van der Waals surface area contributed by atoms with Crippen molar-refractivity contribution in [2.45, 2.75) is 96.9 Å². The maximum Gasteiger partial charge on any atom is 0.408 e. The average Bonchev–Trinajstić information content (AvgIpc) is 3.52. The van der Waals surface area contributed by atoms with Crippen LogP contribution < -0.4 is 21.1 Å². The first-order valence-corrected chi connectivity index (χ1v) is 17.7. The number of ether oxygens (including phenoxy) is 1. The van der Waals surface area contributed by atoms with E-state index in [4.69, 9.17) is 9.15 Å². The number of carbonyl (C=O) groups is 3. The molecule has 0 unspecified atom stereocenters. The lowest BCUT2D eigenvalue weighted by molar-refractivity contribution is -0.275. The zero-order valence-electron chi connectivity index (χ0n) is 31.2. The Balaban J connectivity index is 1.43. The third-order valence-corrected chi connectivity index (χ3v) is 8.85. The SMILES string of the molecule is CC(C)(C)[C@H](NC(=O)OCc1cc2ncccc2o1)C(=O)N[C@@H](Cc1ccccc1)[C@H](O)CNC[C@@H](O)[C@H](Cc1ccccc1)N(C(=O)[O-])C(C)(C)C. The fourth-order valence-corrected chi connectivity index (χ4v) is 6.20. The van der Waals surface area contributed by atoms with Gasteiger partial charge in [-0.15, -0.1) is 0 Å². The highest BCUT2D eigenvalue weighted by molar-refractivity contribution is 5.86. The van der Waals surface area contributed by atoms with Crippen LogP contribution in [0.2, 0.25) is 0 Å². The topological polar surface area (TPSA) is 189 Å². The van der Waals surface area contributed by atoms with Gasteiger partial charge in [0, 0.05) is 30.9 Å². The van der Waals surface area contributed by atoms with Gasteiger partial charge in [0.05, 0.1) is 24.3 Å². The second-order valence-corrected chi connectivity index (χ2v) is 15.3. The first kappa shape index (κ1) is 40.8. The standard InChI is InChI=1S/C40H53N5O8/c1-39(2,3)35(44-37(49)52-25-28-22-30-34(53-28)18-13-19-42-30)36(48)43-29(20-26-14-9-7-10-15-26)32(46)23-41-24-33(47)31(21-27-16-11-8-12-17-27)45(38(50)51)40(4,5)6/h7-19,22,29,31-33,35,41,46-47H,20-21,23-25H2,1-6H3,(H,43,48)(H,44,49)(H,50,51)/p-1/t29-,31-,32+,33+,35+/m0/s1. The van der Waals surface area contributed by atoms with Crippen LogP contribution in [0.4, 0.5) is 9.59 Å². The van der Waals surface area contributed by atoms with Gasteiger partial charge in [0.25, 0.3) is 0 Å². The fourth-order valence-electron chi connectivity index (χ4n) is 6.20. The summed E-state index contributed by atoms with van der Waals surface area (Å²) in [5.74, 6) is -0.133. The molecule has 0 saturated carbocycles. The molecule has 0 radical (unpaired) electrons. The van der Waals surface area contributed by atoms with Crippen LogP contribution in [0, 0.1) is 5.41 Å². The maximum absolute atomic E-state index is 13.9. The van der Waals surface area contributed by atoms with Crippen molar-refractivity contribution in [1.82, 2.24) is 25.8 Å². The smallest absolute Gasteiger partial charge is 0.408 e. The Morgan fingerprint density at radius 1 is 0.849 bits per heavy atom. The van der Waals surface area contributed by atoms with Crippen LogP contribution in [0.3, 0.4) is 0 Å². The summed E-state index contributed by atoms with van der Waals surface area (Å²) in [4.78, 5) is 44.5. The zero-order chi connectivity index (χ0) is 38.8. The number of nitrogens with zero attached hydrogens (tertiary/aromatic N) is 2. The van der Waals surface area contributed by atoms with Crippen molar-refractivity contribution in [2.75, 3.05) is 13.1 Å². The van der Waals surface area contributed by atoms with Gasteiger partial charge >= 0.3 is 6.09 Å². The molecule has 286 valence electrons. The van der Waals surface area contributed by atoms with Crippen molar-refractivity contribution >= 4 is 29.2 Å². The molecule has 5 N–H and O–H groups in total. The maximum atomic E-state index is 13.9. The highest BCUT2D eigenvalue weighted by Crippen LogP contribution is 2.23. The molecule has 4 aromatic rings. The largest absolute Gasteiger partial charge is 0.530 e. The summed E-state index contributed by atoms with van der Waals surface area (Å²) in [6, 6.07) is 21.1. The number of aliphatic hydroxyl groups excluding tert-OH is 2. The molecule has 0 bridgehead atoms. The number of rotatable bonds is 16. The Morgan fingerprint density at radius 2 is 1.45 bits per heavy atom. The van der Waals surface area contributed by atoms with Crippen LogP contribution in [0.5, 0.6) is 0 Å². The van der Waals surface area contributed by atoms with Gasteiger partial charge in [-0.1, -0.05) is 81.4 Å². The van der Waals surface area contributed by atoms with Crippen molar-refractivity contribution in [2.24, 2.45) is 5.41 Å². The lowest BCUT2D eigenvalue weighted by Gasteiger charge is -2.45. The number of carbonyl (C=O) groups excluding carboxylic acids is 3. The van der Waals surface area contributed by atoms with Crippen LogP contribution in [-0.4, -0.2) is 87.2 Å². The number of hydrogen-bond donors (Lipinski definition) is 5. The summed E-state index contributed by atoms with van der Waals surface area (Å²) >= 11 is 0. The van der Waals surface area contributed by atoms with Crippen molar-refractivity contribution < 1.29 is 38.9 Å². The molecule has 2 aromatic heterocycles. The molecular formula is C40H52N5O8-. The molecule has 0 aliphatic heterocycles. The first-order valence-electron chi connectivity index (χ1n) is 17.7. The minimum atomic E-state index is -1.40. The normalized spacial score (nSPS) is 14.8. The number of nitrogens with one attached hydrogen (secondary N) is 3. The van der Waals surface area contributed by atoms with E-state index in [0.717, 1.165) is 16.0 Å². The quantitative estimate of drug-likeness (QED) is 0.114. The molecule has 5 atom stereocenters. The molecule has 3 amide bonds. The third kappa shape index (κ3) is 12.0. The Labute approximate surface area is 310 Å². The monoisotopic (exact) mass is 730 g/mol. The van der Waals surface area contributed by atoms with E-state index < -0.39 is 59.4 Å². The predicted octanol–water partition coefficient (Wildman–Crippen LogP) is 3.56. The summed E-state index contributed by atoms with van der Waals surface area (Å²) in [5, 5.41) is 43.8. The van der Waals surface area contributed by atoms with Crippen molar-refractivity contribution in [3.63, 3.8) is 0 Å². The number of furan rings is 1. The van der Waals surface area contributed by atoms with Gasteiger partial charge < -0.3 is 50.1 Å². The van der Waals surface area contributed by atoms with Gasteiger partial charge in [0.2, 0.25) is 5.91 Å². The van der Waals surface area contributed by atoms with Crippen LogP contribution in [0.1, 0.15) is 58.4 Å². The van der Waals surface area contributed by atoms with E-state index in [1.54, 1.807) is 65.9 Å². The molecular weight excluding hydrogens is 678 g/mol. The van der Waals surface area contributed by atoms with Gasteiger partial charge in [0.1, 0.15) is 23.4 Å². The van der Waals surface area contributed by atoms with E-state index in [1.165, 1.54) is 0 Å². The lowest BCUT2D eigenvalue weighted by Crippen LogP contribution is -2.62. The van der Waals surface area contributed by atoms with E-state index >= 15 is 0 Å². The second kappa shape index (κ2) is 18.2. The number of carboxylic acid groups (broad SMARTS) is 1. The highest BCUT2D eigenvalue weighted by Gasteiger charge is 2.37. The summed E-state index contributed by atoms with van der Waals surface area (Å²) in [6.07, 6.45) is -2.41. The van der Waals surface area contributed by atoms with Gasteiger partial charge in [-0.2, -0.15) is 0 Å². The van der Waals surface area contributed by atoms with E-state index in [1.807, 2.05) is 60.7 Å². The highest BCUT2D eigenvalue weighted by atomic mass is 16.6.